The lowest BCUT2D eigenvalue weighted by Gasteiger charge is -2.59. The molecule has 124 valence electrons. The number of hydrogen-bond acceptors (Lipinski definition) is 3. The largest absolute Gasteiger partial charge is 0.445 e. The van der Waals surface area contributed by atoms with E-state index in [1.54, 1.807) is 0 Å². The quantitative estimate of drug-likeness (QED) is 0.925. The molecule has 1 aromatic rings. The second-order valence-electron chi connectivity index (χ2n) is 7.64. The van der Waals surface area contributed by atoms with Gasteiger partial charge in [-0.1, -0.05) is 30.3 Å². The van der Waals surface area contributed by atoms with Crippen molar-refractivity contribution < 1.29 is 14.3 Å². The van der Waals surface area contributed by atoms with E-state index in [9.17, 15) is 4.79 Å². The molecule has 0 aliphatic heterocycles. The van der Waals surface area contributed by atoms with Gasteiger partial charge in [-0.2, -0.15) is 0 Å². The van der Waals surface area contributed by atoms with Crippen LogP contribution in [0.5, 0.6) is 0 Å². The van der Waals surface area contributed by atoms with Crippen molar-refractivity contribution in [3.63, 3.8) is 0 Å². The average Bonchev–Trinajstić information content (AvgIpc) is 2.53. The van der Waals surface area contributed by atoms with Crippen LogP contribution >= 0.6 is 0 Å². The molecular weight excluding hydrogens is 290 g/mol. The summed E-state index contributed by atoms with van der Waals surface area (Å²) < 4.78 is 11.2. The molecule has 4 heteroatoms. The van der Waals surface area contributed by atoms with Gasteiger partial charge in [0.25, 0.3) is 0 Å². The van der Waals surface area contributed by atoms with Crippen LogP contribution in [0.15, 0.2) is 30.3 Å². The van der Waals surface area contributed by atoms with Gasteiger partial charge in [-0.3, -0.25) is 0 Å². The number of methoxy groups -OCH3 is 1. The van der Waals surface area contributed by atoms with E-state index in [1.165, 1.54) is 12.8 Å². The van der Waals surface area contributed by atoms with E-state index in [2.05, 4.69) is 5.32 Å². The minimum Gasteiger partial charge on any atom is -0.445 e. The van der Waals surface area contributed by atoms with Gasteiger partial charge in [0.05, 0.1) is 6.10 Å². The van der Waals surface area contributed by atoms with Crippen LogP contribution in [-0.4, -0.2) is 24.8 Å². The number of carbonyl (C=O) groups is 1. The molecular formula is C19H25NO3. The maximum absolute atomic E-state index is 12.3. The fourth-order valence-corrected chi connectivity index (χ4v) is 5.49. The molecule has 0 heterocycles. The normalized spacial score (nSPS) is 37.6. The van der Waals surface area contributed by atoms with Crippen molar-refractivity contribution in [3.05, 3.63) is 35.9 Å². The highest BCUT2D eigenvalue weighted by Gasteiger charge is 2.56. The number of amides is 1. The molecule has 23 heavy (non-hydrogen) atoms. The topological polar surface area (TPSA) is 47.6 Å². The van der Waals surface area contributed by atoms with E-state index in [0.29, 0.717) is 24.5 Å². The van der Waals surface area contributed by atoms with Crippen molar-refractivity contribution in [2.75, 3.05) is 7.11 Å². The van der Waals surface area contributed by atoms with E-state index < -0.39 is 0 Å². The number of hydrogen-bond donors (Lipinski definition) is 1. The van der Waals surface area contributed by atoms with Gasteiger partial charge in [0.15, 0.2) is 0 Å². The lowest BCUT2D eigenvalue weighted by atomic mass is 9.51. The molecule has 4 nitrogen and oxygen atoms in total. The van der Waals surface area contributed by atoms with Crippen molar-refractivity contribution in [3.8, 4) is 0 Å². The molecule has 2 unspecified atom stereocenters. The first kappa shape index (κ1) is 15.0. The predicted molar refractivity (Wildman–Crippen MR) is 86.8 cm³/mol. The molecule has 4 saturated carbocycles. The van der Waals surface area contributed by atoms with Crippen LogP contribution in [0.1, 0.15) is 37.7 Å². The van der Waals surface area contributed by atoms with Crippen LogP contribution in [0.2, 0.25) is 0 Å². The van der Waals surface area contributed by atoms with Crippen molar-refractivity contribution in [1.82, 2.24) is 5.32 Å². The summed E-state index contributed by atoms with van der Waals surface area (Å²) >= 11 is 0. The van der Waals surface area contributed by atoms with Gasteiger partial charge in [0.1, 0.15) is 6.61 Å². The highest BCUT2D eigenvalue weighted by molar-refractivity contribution is 5.68. The molecule has 0 saturated heterocycles. The lowest BCUT2D eigenvalue weighted by molar-refractivity contribution is -0.126. The van der Waals surface area contributed by atoms with Gasteiger partial charge in [-0.25, -0.2) is 4.79 Å². The minimum atomic E-state index is -0.273. The fourth-order valence-electron chi connectivity index (χ4n) is 5.49. The van der Waals surface area contributed by atoms with Crippen LogP contribution in [0.4, 0.5) is 4.79 Å². The third-order valence-electron chi connectivity index (χ3n) is 6.04. The molecule has 4 aliphatic rings. The van der Waals surface area contributed by atoms with E-state index in [4.69, 9.17) is 9.47 Å². The van der Waals surface area contributed by atoms with E-state index in [1.807, 2.05) is 37.4 Å². The lowest BCUT2D eigenvalue weighted by Crippen LogP contribution is -2.64. The number of ether oxygens (including phenoxy) is 2. The van der Waals surface area contributed by atoms with Gasteiger partial charge < -0.3 is 14.8 Å². The Hall–Kier alpha value is -1.55. The zero-order valence-corrected chi connectivity index (χ0v) is 13.7. The van der Waals surface area contributed by atoms with Crippen LogP contribution in [0.3, 0.4) is 0 Å². The Morgan fingerprint density at radius 3 is 2.52 bits per heavy atom. The maximum Gasteiger partial charge on any atom is 0.407 e. The first-order chi connectivity index (χ1) is 11.2. The van der Waals surface area contributed by atoms with Gasteiger partial charge in [0, 0.05) is 12.6 Å². The first-order valence-electron chi connectivity index (χ1n) is 8.69. The Morgan fingerprint density at radius 1 is 1.17 bits per heavy atom. The van der Waals surface area contributed by atoms with Crippen molar-refractivity contribution in [2.24, 2.45) is 17.8 Å². The summed E-state index contributed by atoms with van der Waals surface area (Å²) in [6.45, 7) is 0.333. The number of nitrogens with one attached hydrogen (secondary N) is 1. The zero-order chi connectivity index (χ0) is 15.9. The molecule has 1 aromatic carbocycles. The maximum atomic E-state index is 12.3. The second kappa shape index (κ2) is 5.82. The molecule has 4 fully saturated rings. The summed E-state index contributed by atoms with van der Waals surface area (Å²) in [6.07, 6.45) is 5.83. The molecule has 1 N–H and O–H groups in total. The molecule has 2 atom stereocenters. The first-order valence-corrected chi connectivity index (χ1v) is 8.69. The van der Waals surface area contributed by atoms with Crippen molar-refractivity contribution in [1.29, 1.82) is 0 Å². The summed E-state index contributed by atoms with van der Waals surface area (Å²) in [7, 11) is 1.83. The standard InChI is InChI=1S/C19H25NO3/c1-22-17-15-7-14-8-16(17)11-19(9-14,10-15)20-18(21)23-12-13-5-3-2-4-6-13/h2-6,14-17H,7-12H2,1H3,(H,20,21). The van der Waals surface area contributed by atoms with Crippen LogP contribution in [0.25, 0.3) is 0 Å². The van der Waals surface area contributed by atoms with Gasteiger partial charge in [-0.15, -0.1) is 0 Å². The number of benzene rings is 1. The fraction of sp³-hybridized carbons (Fsp3) is 0.632. The van der Waals surface area contributed by atoms with E-state index >= 15 is 0 Å². The highest BCUT2D eigenvalue weighted by Crippen LogP contribution is 2.56. The summed E-state index contributed by atoms with van der Waals surface area (Å²) in [4.78, 5) is 12.3. The number of carbonyl (C=O) groups excluding carboxylic acids is 1. The molecule has 0 spiro atoms. The van der Waals surface area contributed by atoms with Crippen LogP contribution in [-0.2, 0) is 16.1 Å². The monoisotopic (exact) mass is 315 g/mol. The Morgan fingerprint density at radius 2 is 1.87 bits per heavy atom. The Bertz CT molecular complexity index is 557. The minimum absolute atomic E-state index is 0.0562. The van der Waals surface area contributed by atoms with E-state index in [0.717, 1.165) is 30.7 Å². The van der Waals surface area contributed by atoms with Crippen LogP contribution in [0, 0.1) is 17.8 Å². The highest BCUT2D eigenvalue weighted by atomic mass is 16.5. The average molecular weight is 315 g/mol. The molecule has 5 rings (SSSR count). The Balaban J connectivity index is 1.38. The summed E-state index contributed by atoms with van der Waals surface area (Å²) in [5, 5.41) is 3.22. The van der Waals surface area contributed by atoms with Crippen molar-refractivity contribution in [2.45, 2.75) is 50.4 Å². The number of alkyl carbamates (subject to hydrolysis) is 1. The van der Waals surface area contributed by atoms with Gasteiger partial charge >= 0.3 is 6.09 Å². The van der Waals surface area contributed by atoms with E-state index in [-0.39, 0.29) is 11.6 Å². The third-order valence-corrected chi connectivity index (χ3v) is 6.04. The summed E-state index contributed by atoms with van der Waals surface area (Å²) in [5.41, 5.74) is 0.965. The molecule has 1 amide bonds. The Labute approximate surface area is 137 Å². The Kier molecular flexibility index (Phi) is 3.80. The zero-order valence-electron chi connectivity index (χ0n) is 13.7. The molecule has 4 aliphatic carbocycles. The predicted octanol–water partition coefficient (Wildman–Crippen LogP) is 3.51. The third kappa shape index (κ3) is 2.85. The van der Waals surface area contributed by atoms with Gasteiger partial charge in [-0.05, 0) is 55.4 Å². The van der Waals surface area contributed by atoms with Crippen LogP contribution < -0.4 is 5.32 Å². The second-order valence-corrected chi connectivity index (χ2v) is 7.64. The van der Waals surface area contributed by atoms with Crippen molar-refractivity contribution >= 4 is 6.09 Å². The smallest absolute Gasteiger partial charge is 0.407 e. The molecule has 4 bridgehead atoms. The summed E-state index contributed by atoms with van der Waals surface area (Å²) in [6, 6.07) is 9.83. The molecule has 0 aromatic heterocycles. The SMILES string of the molecule is COC1C2CC3CC1CC(NC(=O)OCc1ccccc1)(C3)C2. The number of rotatable bonds is 4. The molecule has 0 radical (unpaired) electrons. The summed E-state index contributed by atoms with van der Waals surface area (Å²) in [5.74, 6) is 1.94. The van der Waals surface area contributed by atoms with Gasteiger partial charge in [0.2, 0.25) is 0 Å².